The Morgan fingerprint density at radius 1 is 1.04 bits per heavy atom. The van der Waals surface area contributed by atoms with Crippen LogP contribution in [0.25, 0.3) is 0 Å². The Morgan fingerprint density at radius 2 is 1.67 bits per heavy atom. The molecular weight excluding hydrogens is 306 g/mol. The highest BCUT2D eigenvalue weighted by atomic mass is 16.7. The summed E-state index contributed by atoms with van der Waals surface area (Å²) in [5.41, 5.74) is 1.02. The molecule has 0 radical (unpaired) electrons. The molecule has 1 amide bonds. The lowest BCUT2D eigenvalue weighted by Gasteiger charge is -2.40. The monoisotopic (exact) mass is 331 g/mol. The van der Waals surface area contributed by atoms with E-state index in [0.717, 1.165) is 44.1 Å². The lowest BCUT2D eigenvalue weighted by molar-refractivity contribution is -0.183. The summed E-state index contributed by atoms with van der Waals surface area (Å²) in [4.78, 5) is 14.6. The van der Waals surface area contributed by atoms with Gasteiger partial charge in [-0.1, -0.05) is 30.3 Å². The molecule has 0 aromatic heterocycles. The number of nitrogens with zero attached hydrogens (tertiary/aromatic N) is 1. The van der Waals surface area contributed by atoms with Crippen LogP contribution in [0.4, 0.5) is 4.79 Å². The molecule has 0 unspecified atom stereocenters. The predicted molar refractivity (Wildman–Crippen MR) is 88.4 cm³/mol. The van der Waals surface area contributed by atoms with Crippen LogP contribution < -0.4 is 0 Å². The lowest BCUT2D eigenvalue weighted by Crippen LogP contribution is -2.47. The fraction of sp³-hybridized carbons (Fsp3) is 0.632. The minimum Gasteiger partial charge on any atom is -0.445 e. The zero-order valence-corrected chi connectivity index (χ0v) is 14.0. The van der Waals surface area contributed by atoms with Gasteiger partial charge < -0.3 is 19.1 Å². The molecule has 1 aromatic carbocycles. The number of hydrogen-bond donors (Lipinski definition) is 0. The zero-order valence-electron chi connectivity index (χ0n) is 14.0. The molecule has 130 valence electrons. The Balaban J connectivity index is 1.35. The van der Waals surface area contributed by atoms with Crippen molar-refractivity contribution in [3.8, 4) is 0 Å². The Labute approximate surface area is 142 Å². The van der Waals surface area contributed by atoms with Gasteiger partial charge in [0.05, 0.1) is 13.2 Å². The van der Waals surface area contributed by atoms with Crippen LogP contribution in [0.2, 0.25) is 0 Å². The first-order valence-corrected chi connectivity index (χ1v) is 9.03. The van der Waals surface area contributed by atoms with Crippen molar-refractivity contribution in [3.63, 3.8) is 0 Å². The van der Waals surface area contributed by atoms with Crippen LogP contribution in [0.1, 0.15) is 44.1 Å². The lowest BCUT2D eigenvalue weighted by atomic mass is 9.89. The Morgan fingerprint density at radius 3 is 2.29 bits per heavy atom. The van der Waals surface area contributed by atoms with Crippen LogP contribution in [-0.4, -0.2) is 42.1 Å². The summed E-state index contributed by atoms with van der Waals surface area (Å²) in [6.45, 7) is 1.72. The van der Waals surface area contributed by atoms with Gasteiger partial charge in [0, 0.05) is 24.9 Å². The van der Waals surface area contributed by atoms with Gasteiger partial charge in [-0.25, -0.2) is 4.79 Å². The van der Waals surface area contributed by atoms with Crippen molar-refractivity contribution in [1.29, 1.82) is 0 Å². The van der Waals surface area contributed by atoms with E-state index in [1.54, 1.807) is 0 Å². The van der Waals surface area contributed by atoms with Crippen molar-refractivity contribution in [3.05, 3.63) is 35.9 Å². The summed E-state index contributed by atoms with van der Waals surface area (Å²) in [5, 5.41) is 0. The maximum Gasteiger partial charge on any atom is 0.410 e. The third-order valence-corrected chi connectivity index (χ3v) is 5.28. The van der Waals surface area contributed by atoms with Gasteiger partial charge in [-0.3, -0.25) is 0 Å². The van der Waals surface area contributed by atoms with Crippen LogP contribution in [0.3, 0.4) is 0 Å². The minimum atomic E-state index is -0.375. The van der Waals surface area contributed by atoms with E-state index in [2.05, 4.69) is 0 Å². The molecule has 2 saturated carbocycles. The third kappa shape index (κ3) is 3.42. The summed E-state index contributed by atoms with van der Waals surface area (Å²) in [7, 11) is 0. The van der Waals surface area contributed by atoms with E-state index in [9.17, 15) is 4.79 Å². The number of benzene rings is 1. The van der Waals surface area contributed by atoms with Crippen LogP contribution in [0, 0.1) is 0 Å². The number of hydrogen-bond acceptors (Lipinski definition) is 4. The Kier molecular flexibility index (Phi) is 4.46. The maximum absolute atomic E-state index is 12.7. The molecule has 1 heterocycles. The van der Waals surface area contributed by atoms with Crippen molar-refractivity contribution in [2.75, 3.05) is 13.2 Å². The molecular formula is C19H25NO4. The number of rotatable bonds is 4. The second kappa shape index (κ2) is 6.73. The highest BCUT2D eigenvalue weighted by Crippen LogP contribution is 2.40. The van der Waals surface area contributed by atoms with E-state index in [0.29, 0.717) is 25.9 Å². The normalized spacial score (nSPS) is 23.3. The van der Waals surface area contributed by atoms with Gasteiger partial charge in [0.2, 0.25) is 0 Å². The summed E-state index contributed by atoms with van der Waals surface area (Å²) < 4.78 is 17.2. The standard InChI is InChI=1S/C19H25NO4/c21-18(22-14-15-4-2-1-3-5-15)20(16-6-7-16)17-8-10-19(11-9-17)23-12-13-24-19/h1-5,16-17H,6-14H2. The Bertz CT molecular complexity index is 556. The van der Waals surface area contributed by atoms with Gasteiger partial charge in [0.1, 0.15) is 6.61 Å². The number of ether oxygens (including phenoxy) is 3. The first kappa shape index (κ1) is 15.9. The molecule has 0 bridgehead atoms. The molecule has 5 nitrogen and oxygen atoms in total. The van der Waals surface area contributed by atoms with Gasteiger partial charge in [0.25, 0.3) is 0 Å². The van der Waals surface area contributed by atoms with Crippen LogP contribution >= 0.6 is 0 Å². The van der Waals surface area contributed by atoms with Gasteiger partial charge in [0.15, 0.2) is 5.79 Å². The zero-order chi connectivity index (χ0) is 16.4. The van der Waals surface area contributed by atoms with Crippen molar-refractivity contribution < 1.29 is 19.0 Å². The number of carbonyl (C=O) groups is 1. The molecule has 0 atom stereocenters. The average molecular weight is 331 g/mol. The molecule has 1 spiro atoms. The molecule has 3 aliphatic rings. The van der Waals surface area contributed by atoms with E-state index >= 15 is 0 Å². The molecule has 2 aliphatic carbocycles. The molecule has 0 N–H and O–H groups in total. The van der Waals surface area contributed by atoms with Crippen molar-refractivity contribution >= 4 is 6.09 Å². The van der Waals surface area contributed by atoms with E-state index < -0.39 is 0 Å². The topological polar surface area (TPSA) is 48.0 Å². The quantitative estimate of drug-likeness (QED) is 0.847. The van der Waals surface area contributed by atoms with Crippen molar-refractivity contribution in [2.24, 2.45) is 0 Å². The summed E-state index contributed by atoms with van der Waals surface area (Å²) >= 11 is 0. The second-order valence-corrected chi connectivity index (χ2v) is 7.02. The van der Waals surface area contributed by atoms with E-state index in [-0.39, 0.29) is 17.9 Å². The molecule has 1 aromatic rings. The molecule has 1 aliphatic heterocycles. The van der Waals surface area contributed by atoms with Gasteiger partial charge >= 0.3 is 6.09 Å². The summed E-state index contributed by atoms with van der Waals surface area (Å²) in [6.07, 6.45) is 5.60. The minimum absolute atomic E-state index is 0.171. The summed E-state index contributed by atoms with van der Waals surface area (Å²) in [5.74, 6) is -0.375. The average Bonchev–Trinajstić information content (AvgIpc) is 3.35. The number of carbonyl (C=O) groups excluding carboxylic acids is 1. The molecule has 3 fully saturated rings. The van der Waals surface area contributed by atoms with Crippen LogP contribution in [-0.2, 0) is 20.8 Å². The first-order chi connectivity index (χ1) is 11.8. The smallest absolute Gasteiger partial charge is 0.410 e. The largest absolute Gasteiger partial charge is 0.445 e. The molecule has 4 rings (SSSR count). The SMILES string of the molecule is O=C(OCc1ccccc1)N(C1CC1)C1CCC2(CC1)OCCO2. The highest BCUT2D eigenvalue weighted by Gasteiger charge is 2.45. The maximum atomic E-state index is 12.7. The van der Waals surface area contributed by atoms with E-state index in [1.165, 1.54) is 0 Å². The van der Waals surface area contributed by atoms with Gasteiger partial charge in [-0.15, -0.1) is 0 Å². The van der Waals surface area contributed by atoms with Gasteiger partial charge in [-0.2, -0.15) is 0 Å². The van der Waals surface area contributed by atoms with E-state index in [1.807, 2.05) is 35.2 Å². The van der Waals surface area contributed by atoms with Crippen LogP contribution in [0.5, 0.6) is 0 Å². The Hall–Kier alpha value is -1.59. The molecule has 24 heavy (non-hydrogen) atoms. The fourth-order valence-electron chi connectivity index (χ4n) is 3.85. The van der Waals surface area contributed by atoms with Gasteiger partial charge in [-0.05, 0) is 31.2 Å². The predicted octanol–water partition coefficient (Wildman–Crippen LogP) is 3.47. The van der Waals surface area contributed by atoms with Crippen molar-refractivity contribution in [2.45, 2.75) is 63.0 Å². The number of amides is 1. The van der Waals surface area contributed by atoms with Crippen molar-refractivity contribution in [1.82, 2.24) is 4.90 Å². The van der Waals surface area contributed by atoms with Crippen LogP contribution in [0.15, 0.2) is 30.3 Å². The summed E-state index contributed by atoms with van der Waals surface area (Å²) in [6, 6.07) is 10.5. The van der Waals surface area contributed by atoms with E-state index in [4.69, 9.17) is 14.2 Å². The molecule has 5 heteroatoms. The highest BCUT2D eigenvalue weighted by molar-refractivity contribution is 5.69. The molecule has 1 saturated heterocycles. The fourth-order valence-corrected chi connectivity index (χ4v) is 3.85. The third-order valence-electron chi connectivity index (χ3n) is 5.28. The first-order valence-electron chi connectivity index (χ1n) is 9.03. The second-order valence-electron chi connectivity index (χ2n) is 7.02.